The van der Waals surface area contributed by atoms with Crippen molar-refractivity contribution >= 4 is 17.2 Å². The van der Waals surface area contributed by atoms with E-state index in [1.165, 1.54) is 11.3 Å². The normalized spacial score (nSPS) is 22.7. The Morgan fingerprint density at radius 2 is 2.37 bits per heavy atom. The van der Waals surface area contributed by atoms with Crippen LogP contribution in [-0.2, 0) is 6.42 Å². The molecule has 1 amide bonds. The number of aliphatic hydroxyl groups excluding tert-OH is 1. The molecule has 0 spiro atoms. The Bertz CT molecular complexity index is 447. The fourth-order valence-corrected chi connectivity index (χ4v) is 3.30. The summed E-state index contributed by atoms with van der Waals surface area (Å²) in [7, 11) is 0. The number of thiazole rings is 1. The second-order valence-electron chi connectivity index (χ2n) is 4.97. The van der Waals surface area contributed by atoms with Crippen molar-refractivity contribution in [2.45, 2.75) is 32.8 Å². The van der Waals surface area contributed by atoms with Crippen LogP contribution in [0, 0.1) is 12.8 Å². The molecule has 1 fully saturated rings. The molecular formula is C13H21N3O2S. The first-order valence-electron chi connectivity index (χ1n) is 6.75. The molecule has 0 aliphatic carbocycles. The highest BCUT2D eigenvalue weighted by Crippen LogP contribution is 2.19. The summed E-state index contributed by atoms with van der Waals surface area (Å²) in [6.45, 7) is 5.85. The van der Waals surface area contributed by atoms with Gasteiger partial charge in [-0.1, -0.05) is 6.92 Å². The number of hydrogen-bond donors (Lipinski definition) is 3. The predicted molar refractivity (Wildman–Crippen MR) is 75.5 cm³/mol. The second-order valence-corrected chi connectivity index (χ2v) is 6.05. The lowest BCUT2D eigenvalue weighted by atomic mass is 10.1. The van der Waals surface area contributed by atoms with Gasteiger partial charge in [0.05, 0.1) is 16.8 Å². The van der Waals surface area contributed by atoms with Crippen molar-refractivity contribution in [3.8, 4) is 0 Å². The van der Waals surface area contributed by atoms with Crippen LogP contribution in [0.15, 0.2) is 0 Å². The van der Waals surface area contributed by atoms with Crippen LogP contribution in [0.3, 0.4) is 0 Å². The number of β-amino-alcohol motifs (C(OH)–C–C–N with tert-alkyl or cyclic N) is 1. The fourth-order valence-electron chi connectivity index (χ4n) is 2.22. The van der Waals surface area contributed by atoms with Gasteiger partial charge in [0.1, 0.15) is 4.88 Å². The van der Waals surface area contributed by atoms with Crippen molar-refractivity contribution in [2.24, 2.45) is 5.92 Å². The molecule has 1 aliphatic heterocycles. The third-order valence-electron chi connectivity index (χ3n) is 3.34. The molecule has 19 heavy (non-hydrogen) atoms. The van der Waals surface area contributed by atoms with E-state index in [9.17, 15) is 9.90 Å². The summed E-state index contributed by atoms with van der Waals surface area (Å²) in [5, 5.41) is 16.7. The van der Waals surface area contributed by atoms with E-state index in [1.807, 2.05) is 6.92 Å². The summed E-state index contributed by atoms with van der Waals surface area (Å²) in [5.41, 5.74) is 0.802. The molecule has 1 aliphatic rings. The zero-order valence-electron chi connectivity index (χ0n) is 11.4. The number of rotatable bonds is 5. The van der Waals surface area contributed by atoms with Crippen molar-refractivity contribution in [2.75, 3.05) is 19.6 Å². The van der Waals surface area contributed by atoms with Crippen molar-refractivity contribution in [3.63, 3.8) is 0 Å². The predicted octanol–water partition coefficient (Wildman–Crippen LogP) is 0.714. The number of aromatic nitrogens is 1. The summed E-state index contributed by atoms with van der Waals surface area (Å²) in [5.74, 6) is 0.0312. The van der Waals surface area contributed by atoms with Crippen LogP contribution < -0.4 is 10.6 Å². The van der Waals surface area contributed by atoms with E-state index in [0.717, 1.165) is 30.1 Å². The number of aryl methyl sites for hydroxylation is 2. The number of hydrogen-bond acceptors (Lipinski definition) is 5. The molecule has 3 N–H and O–H groups in total. The maximum atomic E-state index is 12.1. The van der Waals surface area contributed by atoms with Crippen LogP contribution in [0.2, 0.25) is 0 Å². The Hall–Kier alpha value is -0.980. The number of aliphatic hydroxyl groups is 1. The van der Waals surface area contributed by atoms with Gasteiger partial charge in [0.25, 0.3) is 5.91 Å². The molecule has 1 aromatic rings. The molecule has 0 aromatic carbocycles. The van der Waals surface area contributed by atoms with E-state index in [4.69, 9.17) is 0 Å². The lowest BCUT2D eigenvalue weighted by molar-refractivity contribution is 0.0930. The van der Waals surface area contributed by atoms with Gasteiger partial charge < -0.3 is 15.7 Å². The van der Waals surface area contributed by atoms with Crippen LogP contribution in [0.25, 0.3) is 0 Å². The Balaban J connectivity index is 1.92. The molecule has 6 heteroatoms. The number of nitrogens with zero attached hydrogens (tertiary/aromatic N) is 1. The van der Waals surface area contributed by atoms with Crippen LogP contribution >= 0.6 is 11.3 Å². The first-order chi connectivity index (χ1) is 9.11. The maximum Gasteiger partial charge on any atom is 0.263 e. The Kier molecular flexibility index (Phi) is 4.90. The number of nitrogens with one attached hydrogen (secondary N) is 2. The van der Waals surface area contributed by atoms with E-state index in [0.29, 0.717) is 18.0 Å². The molecule has 2 rings (SSSR count). The van der Waals surface area contributed by atoms with Gasteiger partial charge in [0, 0.05) is 25.6 Å². The van der Waals surface area contributed by atoms with Gasteiger partial charge in [-0.05, 0) is 19.8 Å². The van der Waals surface area contributed by atoms with Crippen molar-refractivity contribution in [1.82, 2.24) is 15.6 Å². The maximum absolute atomic E-state index is 12.1. The van der Waals surface area contributed by atoms with Crippen LogP contribution in [0.5, 0.6) is 0 Å². The van der Waals surface area contributed by atoms with Crippen molar-refractivity contribution < 1.29 is 9.90 Å². The summed E-state index contributed by atoms with van der Waals surface area (Å²) < 4.78 is 0. The molecule has 1 saturated heterocycles. The van der Waals surface area contributed by atoms with E-state index >= 15 is 0 Å². The molecule has 1 aromatic heterocycles. The highest BCUT2D eigenvalue weighted by Gasteiger charge is 2.25. The van der Waals surface area contributed by atoms with Gasteiger partial charge >= 0.3 is 0 Å². The van der Waals surface area contributed by atoms with Gasteiger partial charge in [-0.3, -0.25) is 4.79 Å². The highest BCUT2D eigenvalue weighted by atomic mass is 32.1. The van der Waals surface area contributed by atoms with Crippen molar-refractivity contribution in [3.05, 3.63) is 15.6 Å². The number of carbonyl (C=O) groups is 1. The SMILES string of the molecule is CCCc1nc(C)c(C(=O)NCC2CNCC2O)s1. The lowest BCUT2D eigenvalue weighted by Gasteiger charge is -2.13. The second kappa shape index (κ2) is 6.45. The summed E-state index contributed by atoms with van der Waals surface area (Å²) >= 11 is 1.47. The summed E-state index contributed by atoms with van der Waals surface area (Å²) in [6.07, 6.45) is 1.59. The minimum absolute atomic E-state index is 0.0727. The van der Waals surface area contributed by atoms with E-state index in [1.54, 1.807) is 0 Å². The number of amides is 1. The zero-order valence-corrected chi connectivity index (χ0v) is 12.2. The largest absolute Gasteiger partial charge is 0.391 e. The molecule has 2 unspecified atom stereocenters. The molecule has 0 saturated carbocycles. The molecule has 2 atom stereocenters. The van der Waals surface area contributed by atoms with Crippen LogP contribution in [0.1, 0.15) is 33.7 Å². The lowest BCUT2D eigenvalue weighted by Crippen LogP contribution is -2.34. The average molecular weight is 283 g/mol. The molecule has 0 radical (unpaired) electrons. The van der Waals surface area contributed by atoms with Crippen LogP contribution in [0.4, 0.5) is 0 Å². The van der Waals surface area contributed by atoms with Crippen molar-refractivity contribution in [1.29, 1.82) is 0 Å². The minimum atomic E-state index is -0.362. The van der Waals surface area contributed by atoms with E-state index < -0.39 is 0 Å². The van der Waals surface area contributed by atoms with Gasteiger partial charge in [0.2, 0.25) is 0 Å². The fraction of sp³-hybridized carbons (Fsp3) is 0.692. The van der Waals surface area contributed by atoms with Gasteiger partial charge in [-0.2, -0.15) is 0 Å². The Morgan fingerprint density at radius 1 is 1.58 bits per heavy atom. The van der Waals surface area contributed by atoms with Crippen LogP contribution in [-0.4, -0.2) is 41.7 Å². The standard InChI is InChI=1S/C13H21N3O2S/c1-3-4-11-16-8(2)12(19-11)13(18)15-6-9-5-14-7-10(9)17/h9-10,14,17H,3-7H2,1-2H3,(H,15,18). The third kappa shape index (κ3) is 3.52. The Labute approximate surface area is 117 Å². The summed E-state index contributed by atoms with van der Waals surface area (Å²) in [6, 6.07) is 0. The monoisotopic (exact) mass is 283 g/mol. The quantitative estimate of drug-likeness (QED) is 0.744. The minimum Gasteiger partial charge on any atom is -0.391 e. The molecule has 5 nitrogen and oxygen atoms in total. The third-order valence-corrected chi connectivity index (χ3v) is 4.56. The highest BCUT2D eigenvalue weighted by molar-refractivity contribution is 7.13. The smallest absolute Gasteiger partial charge is 0.263 e. The molecule has 2 heterocycles. The Morgan fingerprint density at radius 3 is 3.00 bits per heavy atom. The number of carbonyl (C=O) groups excluding carboxylic acids is 1. The van der Waals surface area contributed by atoms with E-state index in [2.05, 4.69) is 22.5 Å². The molecule has 106 valence electrons. The first kappa shape index (κ1) is 14.4. The molecular weight excluding hydrogens is 262 g/mol. The van der Waals surface area contributed by atoms with Gasteiger partial charge in [0.15, 0.2) is 0 Å². The van der Waals surface area contributed by atoms with Gasteiger partial charge in [-0.25, -0.2) is 4.98 Å². The van der Waals surface area contributed by atoms with E-state index in [-0.39, 0.29) is 17.9 Å². The first-order valence-corrected chi connectivity index (χ1v) is 7.56. The topological polar surface area (TPSA) is 74.2 Å². The zero-order chi connectivity index (χ0) is 13.8. The van der Waals surface area contributed by atoms with Gasteiger partial charge in [-0.15, -0.1) is 11.3 Å². The average Bonchev–Trinajstić information content (AvgIpc) is 2.93. The molecule has 0 bridgehead atoms. The summed E-state index contributed by atoms with van der Waals surface area (Å²) in [4.78, 5) is 17.2.